The van der Waals surface area contributed by atoms with E-state index in [9.17, 15) is 4.79 Å². The Morgan fingerprint density at radius 2 is 1.72 bits per heavy atom. The van der Waals surface area contributed by atoms with Gasteiger partial charge in [-0.15, -0.1) is 0 Å². The summed E-state index contributed by atoms with van der Waals surface area (Å²) in [7, 11) is 0. The molecule has 2 rings (SSSR count). The fourth-order valence-corrected chi connectivity index (χ4v) is 1.71. The molecule has 3 heteroatoms. The molecule has 0 saturated heterocycles. The Balaban J connectivity index is 2.10. The molecule has 0 aliphatic carbocycles. The highest BCUT2D eigenvalue weighted by Crippen LogP contribution is 2.09. The van der Waals surface area contributed by atoms with Crippen LogP contribution in [0.25, 0.3) is 0 Å². The summed E-state index contributed by atoms with van der Waals surface area (Å²) >= 11 is 0. The number of carbonyl (C=O) groups is 1. The van der Waals surface area contributed by atoms with Gasteiger partial charge in [-0.1, -0.05) is 31.2 Å². The number of nitrogens with zero attached hydrogens (tertiary/aromatic N) is 2. The van der Waals surface area contributed by atoms with Crippen molar-refractivity contribution in [3.8, 4) is 0 Å². The summed E-state index contributed by atoms with van der Waals surface area (Å²) in [5.74, 6) is 0.975. The summed E-state index contributed by atoms with van der Waals surface area (Å²) in [6.45, 7) is 3.84. The summed E-state index contributed by atoms with van der Waals surface area (Å²) < 4.78 is 0. The van der Waals surface area contributed by atoms with Crippen molar-refractivity contribution in [1.82, 2.24) is 9.97 Å². The Morgan fingerprint density at radius 1 is 1.11 bits per heavy atom. The molecule has 0 radical (unpaired) electrons. The number of benzene rings is 1. The fourth-order valence-electron chi connectivity index (χ4n) is 1.71. The summed E-state index contributed by atoms with van der Waals surface area (Å²) in [4.78, 5) is 20.0. The van der Waals surface area contributed by atoms with Crippen molar-refractivity contribution in [3.63, 3.8) is 0 Å². The van der Waals surface area contributed by atoms with Gasteiger partial charge in [0.2, 0.25) is 0 Å². The van der Waals surface area contributed by atoms with Crippen LogP contribution in [0.15, 0.2) is 36.7 Å². The third-order valence-electron chi connectivity index (χ3n) is 2.79. The van der Waals surface area contributed by atoms with Crippen LogP contribution < -0.4 is 0 Å². The molecule has 0 saturated carbocycles. The second-order valence-corrected chi connectivity index (χ2v) is 4.33. The van der Waals surface area contributed by atoms with Gasteiger partial charge in [0, 0.05) is 30.8 Å². The maximum absolute atomic E-state index is 11.5. The molecule has 0 aliphatic rings. The standard InChI is InChI=1S/C15H16N2O/c1-3-14(18)13-6-4-12(5-7-13)8-15-16-9-11(2)10-17-15/h4-7,9-10H,3,8H2,1-2H3. The van der Waals surface area contributed by atoms with Gasteiger partial charge in [0.1, 0.15) is 5.82 Å². The highest BCUT2D eigenvalue weighted by molar-refractivity contribution is 5.95. The first-order valence-corrected chi connectivity index (χ1v) is 6.08. The lowest BCUT2D eigenvalue weighted by molar-refractivity contribution is 0.0988. The number of ketones is 1. The normalized spacial score (nSPS) is 10.3. The molecule has 3 nitrogen and oxygen atoms in total. The van der Waals surface area contributed by atoms with Crippen LogP contribution in [-0.4, -0.2) is 15.8 Å². The zero-order valence-corrected chi connectivity index (χ0v) is 10.7. The fraction of sp³-hybridized carbons (Fsp3) is 0.267. The number of aromatic nitrogens is 2. The first-order chi connectivity index (χ1) is 8.69. The van der Waals surface area contributed by atoms with Crippen molar-refractivity contribution in [1.29, 1.82) is 0 Å². The van der Waals surface area contributed by atoms with E-state index in [2.05, 4.69) is 9.97 Å². The molecule has 0 unspecified atom stereocenters. The van der Waals surface area contributed by atoms with E-state index in [4.69, 9.17) is 0 Å². The summed E-state index contributed by atoms with van der Waals surface area (Å²) in [5, 5.41) is 0. The largest absolute Gasteiger partial charge is 0.294 e. The first-order valence-electron chi connectivity index (χ1n) is 6.08. The molecule has 1 aromatic carbocycles. The molecular weight excluding hydrogens is 224 g/mol. The maximum atomic E-state index is 11.5. The van der Waals surface area contributed by atoms with Gasteiger partial charge < -0.3 is 0 Å². The van der Waals surface area contributed by atoms with Crippen molar-refractivity contribution in [2.24, 2.45) is 0 Å². The summed E-state index contributed by atoms with van der Waals surface area (Å²) in [6, 6.07) is 7.67. The second-order valence-electron chi connectivity index (χ2n) is 4.33. The highest BCUT2D eigenvalue weighted by Gasteiger charge is 2.03. The lowest BCUT2D eigenvalue weighted by Crippen LogP contribution is -1.99. The molecule has 0 fully saturated rings. The van der Waals surface area contributed by atoms with E-state index < -0.39 is 0 Å². The molecule has 92 valence electrons. The molecule has 2 aromatic rings. The molecule has 0 N–H and O–H groups in total. The minimum Gasteiger partial charge on any atom is -0.294 e. The number of hydrogen-bond donors (Lipinski definition) is 0. The van der Waals surface area contributed by atoms with Gasteiger partial charge in [-0.25, -0.2) is 9.97 Å². The van der Waals surface area contributed by atoms with Crippen molar-refractivity contribution in [2.75, 3.05) is 0 Å². The van der Waals surface area contributed by atoms with Crippen LogP contribution in [0.1, 0.15) is 40.7 Å². The molecular formula is C15H16N2O. The van der Waals surface area contributed by atoms with E-state index in [1.165, 1.54) is 0 Å². The number of rotatable bonds is 4. The van der Waals surface area contributed by atoms with Crippen LogP contribution in [0.5, 0.6) is 0 Å². The Kier molecular flexibility index (Phi) is 3.82. The van der Waals surface area contributed by atoms with Gasteiger partial charge in [0.15, 0.2) is 5.78 Å². The quantitative estimate of drug-likeness (QED) is 0.772. The smallest absolute Gasteiger partial charge is 0.162 e. The Hall–Kier alpha value is -2.03. The SMILES string of the molecule is CCC(=O)c1ccc(Cc2ncc(C)cn2)cc1. The summed E-state index contributed by atoms with van der Waals surface area (Å²) in [5.41, 5.74) is 2.94. The Bertz CT molecular complexity index is 529. The molecule has 1 heterocycles. The number of aryl methyl sites for hydroxylation is 1. The Morgan fingerprint density at radius 3 is 2.28 bits per heavy atom. The minimum absolute atomic E-state index is 0.174. The summed E-state index contributed by atoms with van der Waals surface area (Å²) in [6.07, 6.45) is 4.87. The molecule has 0 bridgehead atoms. The van der Waals surface area contributed by atoms with E-state index in [1.807, 2.05) is 50.5 Å². The third-order valence-corrected chi connectivity index (χ3v) is 2.79. The molecule has 0 atom stereocenters. The lowest BCUT2D eigenvalue weighted by atomic mass is 10.0. The van der Waals surface area contributed by atoms with Crippen molar-refractivity contribution in [2.45, 2.75) is 26.7 Å². The van der Waals surface area contributed by atoms with Gasteiger partial charge in [-0.05, 0) is 18.1 Å². The van der Waals surface area contributed by atoms with E-state index in [1.54, 1.807) is 0 Å². The van der Waals surface area contributed by atoms with Gasteiger partial charge in [-0.2, -0.15) is 0 Å². The van der Waals surface area contributed by atoms with Crippen LogP contribution in [0.2, 0.25) is 0 Å². The Labute approximate surface area is 107 Å². The van der Waals surface area contributed by atoms with E-state index in [-0.39, 0.29) is 5.78 Å². The number of carbonyl (C=O) groups excluding carboxylic acids is 1. The van der Waals surface area contributed by atoms with Crippen LogP contribution in [0.3, 0.4) is 0 Å². The maximum Gasteiger partial charge on any atom is 0.162 e. The van der Waals surface area contributed by atoms with Gasteiger partial charge in [0.25, 0.3) is 0 Å². The van der Waals surface area contributed by atoms with E-state index >= 15 is 0 Å². The van der Waals surface area contributed by atoms with Crippen molar-refractivity contribution >= 4 is 5.78 Å². The predicted octanol–water partition coefficient (Wildman–Crippen LogP) is 2.97. The van der Waals surface area contributed by atoms with Crippen molar-refractivity contribution < 1.29 is 4.79 Å². The highest BCUT2D eigenvalue weighted by atomic mass is 16.1. The van der Waals surface area contributed by atoms with Gasteiger partial charge in [0.05, 0.1) is 0 Å². The van der Waals surface area contributed by atoms with Crippen LogP contribution in [0, 0.1) is 6.92 Å². The van der Waals surface area contributed by atoms with Crippen molar-refractivity contribution in [3.05, 3.63) is 59.2 Å². The van der Waals surface area contributed by atoms with E-state index in [0.717, 1.165) is 22.5 Å². The van der Waals surface area contributed by atoms with Gasteiger partial charge >= 0.3 is 0 Å². The molecule has 0 amide bonds. The number of hydrogen-bond acceptors (Lipinski definition) is 3. The third kappa shape index (κ3) is 3.00. The molecule has 18 heavy (non-hydrogen) atoms. The average Bonchev–Trinajstić information content (AvgIpc) is 2.41. The monoisotopic (exact) mass is 240 g/mol. The molecule has 0 aliphatic heterocycles. The van der Waals surface area contributed by atoms with Crippen LogP contribution >= 0.6 is 0 Å². The molecule has 1 aromatic heterocycles. The minimum atomic E-state index is 0.174. The predicted molar refractivity (Wildman–Crippen MR) is 70.6 cm³/mol. The van der Waals surface area contributed by atoms with E-state index in [0.29, 0.717) is 12.8 Å². The number of Topliss-reactive ketones (excluding diaryl/α,β-unsaturated/α-hetero) is 1. The van der Waals surface area contributed by atoms with Crippen LogP contribution in [0.4, 0.5) is 0 Å². The second kappa shape index (κ2) is 5.54. The zero-order chi connectivity index (χ0) is 13.0. The zero-order valence-electron chi connectivity index (χ0n) is 10.7. The first kappa shape index (κ1) is 12.4. The van der Waals surface area contributed by atoms with Crippen LogP contribution in [-0.2, 0) is 6.42 Å². The van der Waals surface area contributed by atoms with Gasteiger partial charge in [-0.3, -0.25) is 4.79 Å². The molecule has 0 spiro atoms. The lowest BCUT2D eigenvalue weighted by Gasteiger charge is -2.02. The average molecular weight is 240 g/mol. The topological polar surface area (TPSA) is 42.9 Å².